The van der Waals surface area contributed by atoms with Crippen molar-refractivity contribution in [1.82, 2.24) is 10.2 Å². The van der Waals surface area contributed by atoms with Gasteiger partial charge in [-0.15, -0.1) is 0 Å². The fourth-order valence-corrected chi connectivity index (χ4v) is 3.98. The number of hydrogen-bond donors (Lipinski definition) is 1. The minimum Gasteiger partial charge on any atom is -0.381 e. The summed E-state index contributed by atoms with van der Waals surface area (Å²) in [6.07, 6.45) is 4.44. The average molecular weight is 238 g/mol. The van der Waals surface area contributed by atoms with E-state index in [-0.39, 0.29) is 0 Å². The first kappa shape index (κ1) is 11.9. The molecule has 3 heterocycles. The van der Waals surface area contributed by atoms with E-state index in [0.29, 0.717) is 17.6 Å². The molecule has 0 radical (unpaired) electrons. The van der Waals surface area contributed by atoms with Crippen molar-refractivity contribution in [3.63, 3.8) is 0 Å². The van der Waals surface area contributed by atoms with E-state index < -0.39 is 0 Å². The fraction of sp³-hybridized carbons (Fsp3) is 1.00. The minimum atomic E-state index is 0.306. The molecule has 4 fully saturated rings. The Morgan fingerprint density at radius 3 is 2.41 bits per heavy atom. The van der Waals surface area contributed by atoms with Gasteiger partial charge in [0.15, 0.2) is 0 Å². The second-order valence-corrected chi connectivity index (χ2v) is 6.75. The molecular formula is C14H26N2O. The number of methoxy groups -OCH3 is 1. The molecule has 3 saturated heterocycles. The van der Waals surface area contributed by atoms with Crippen LogP contribution >= 0.6 is 0 Å². The monoisotopic (exact) mass is 238 g/mol. The molecule has 1 saturated carbocycles. The number of ether oxygens (including phenoxy) is 1. The normalized spacial score (nSPS) is 47.8. The van der Waals surface area contributed by atoms with E-state index in [2.05, 4.69) is 24.1 Å². The third kappa shape index (κ3) is 1.92. The first-order chi connectivity index (χ1) is 8.11. The Hall–Kier alpha value is -0.120. The van der Waals surface area contributed by atoms with Gasteiger partial charge in [0.2, 0.25) is 0 Å². The van der Waals surface area contributed by atoms with Gasteiger partial charge in [0.1, 0.15) is 0 Å². The van der Waals surface area contributed by atoms with Crippen LogP contribution in [-0.2, 0) is 4.74 Å². The highest BCUT2D eigenvalue weighted by atomic mass is 16.5. The van der Waals surface area contributed by atoms with Crippen LogP contribution in [0.15, 0.2) is 0 Å². The number of fused-ring (bicyclic) bond motifs is 3. The first-order valence-electron chi connectivity index (χ1n) is 7.12. The Kier molecular flexibility index (Phi) is 2.96. The molecule has 3 unspecified atom stereocenters. The summed E-state index contributed by atoms with van der Waals surface area (Å²) in [6.45, 7) is 8.61. The van der Waals surface area contributed by atoms with Crippen molar-refractivity contribution in [2.75, 3.05) is 26.7 Å². The molecule has 1 N–H and O–H groups in total. The van der Waals surface area contributed by atoms with Crippen molar-refractivity contribution in [3.8, 4) is 0 Å². The zero-order chi connectivity index (χ0) is 12.0. The summed E-state index contributed by atoms with van der Waals surface area (Å²) in [7, 11) is 1.84. The predicted octanol–water partition coefficient (Wildman–Crippen LogP) is 1.48. The molecule has 3 nitrogen and oxygen atoms in total. The number of nitrogens with zero attached hydrogens (tertiary/aromatic N) is 1. The van der Waals surface area contributed by atoms with Crippen molar-refractivity contribution in [2.45, 2.75) is 51.3 Å². The third-order valence-corrected chi connectivity index (χ3v) is 5.53. The Morgan fingerprint density at radius 1 is 1.24 bits per heavy atom. The lowest BCUT2D eigenvalue weighted by atomic mass is 9.64. The molecule has 98 valence electrons. The van der Waals surface area contributed by atoms with Crippen LogP contribution in [0.25, 0.3) is 0 Å². The van der Waals surface area contributed by atoms with Gasteiger partial charge in [0.05, 0.1) is 6.10 Å². The topological polar surface area (TPSA) is 24.5 Å². The summed E-state index contributed by atoms with van der Waals surface area (Å²) >= 11 is 0. The quantitative estimate of drug-likeness (QED) is 0.806. The Bertz CT molecular complexity index is 284. The largest absolute Gasteiger partial charge is 0.381 e. The highest BCUT2D eigenvalue weighted by Gasteiger charge is 2.50. The van der Waals surface area contributed by atoms with Crippen LogP contribution in [0.5, 0.6) is 0 Å². The molecule has 4 rings (SSSR count). The van der Waals surface area contributed by atoms with Crippen LogP contribution in [0, 0.1) is 11.3 Å². The lowest BCUT2D eigenvalue weighted by molar-refractivity contribution is -0.106. The smallest absolute Gasteiger partial charge is 0.0652 e. The van der Waals surface area contributed by atoms with Crippen LogP contribution < -0.4 is 5.32 Å². The van der Waals surface area contributed by atoms with Gasteiger partial charge >= 0.3 is 0 Å². The van der Waals surface area contributed by atoms with Gasteiger partial charge in [-0.05, 0) is 38.3 Å². The summed E-state index contributed by atoms with van der Waals surface area (Å²) in [5.41, 5.74) is 0.306. The second-order valence-electron chi connectivity index (χ2n) is 6.75. The number of rotatable bonds is 3. The van der Waals surface area contributed by atoms with Crippen molar-refractivity contribution in [2.24, 2.45) is 11.3 Å². The highest BCUT2D eigenvalue weighted by Crippen LogP contribution is 2.43. The molecule has 3 heteroatoms. The van der Waals surface area contributed by atoms with Gasteiger partial charge in [-0.2, -0.15) is 0 Å². The van der Waals surface area contributed by atoms with Crippen LogP contribution in [0.1, 0.15) is 33.1 Å². The van der Waals surface area contributed by atoms with Gasteiger partial charge in [0, 0.05) is 31.2 Å². The number of piperidine rings is 3. The summed E-state index contributed by atoms with van der Waals surface area (Å²) in [5.74, 6) is 0.928. The van der Waals surface area contributed by atoms with E-state index in [1.54, 1.807) is 0 Å². The summed E-state index contributed by atoms with van der Waals surface area (Å²) < 4.78 is 5.53. The zero-order valence-corrected chi connectivity index (χ0v) is 11.4. The van der Waals surface area contributed by atoms with Crippen LogP contribution in [0.2, 0.25) is 0 Å². The summed E-state index contributed by atoms with van der Waals surface area (Å²) in [6, 6.07) is 1.39. The second kappa shape index (κ2) is 4.22. The molecule has 2 bridgehead atoms. The molecule has 17 heavy (non-hydrogen) atoms. The first-order valence-corrected chi connectivity index (χ1v) is 7.12. The molecular weight excluding hydrogens is 212 g/mol. The predicted molar refractivity (Wildman–Crippen MR) is 69.1 cm³/mol. The van der Waals surface area contributed by atoms with E-state index in [1.165, 1.54) is 38.9 Å². The Morgan fingerprint density at radius 2 is 1.94 bits per heavy atom. The molecule has 0 spiro atoms. The maximum atomic E-state index is 5.53. The molecule has 1 aliphatic carbocycles. The Balaban J connectivity index is 1.58. The number of nitrogens with one attached hydrogen (secondary N) is 1. The van der Waals surface area contributed by atoms with Crippen molar-refractivity contribution < 1.29 is 4.74 Å². The van der Waals surface area contributed by atoms with Crippen molar-refractivity contribution in [1.29, 1.82) is 0 Å². The van der Waals surface area contributed by atoms with Crippen LogP contribution in [-0.4, -0.2) is 49.8 Å². The molecule has 3 aliphatic heterocycles. The van der Waals surface area contributed by atoms with Gasteiger partial charge < -0.3 is 15.0 Å². The summed E-state index contributed by atoms with van der Waals surface area (Å²) in [5, 5.41) is 3.92. The van der Waals surface area contributed by atoms with Crippen molar-refractivity contribution in [3.05, 3.63) is 0 Å². The minimum absolute atomic E-state index is 0.306. The molecule has 4 aliphatic rings. The highest BCUT2D eigenvalue weighted by molar-refractivity contribution is 5.05. The number of hydrogen-bond acceptors (Lipinski definition) is 3. The molecule has 0 aromatic rings. The van der Waals surface area contributed by atoms with Gasteiger partial charge in [-0.1, -0.05) is 13.8 Å². The maximum absolute atomic E-state index is 5.53. The average Bonchev–Trinajstić information content (AvgIpc) is 2.35. The van der Waals surface area contributed by atoms with Gasteiger partial charge in [0.25, 0.3) is 0 Å². The Labute approximate surface area is 105 Å². The van der Waals surface area contributed by atoms with Crippen molar-refractivity contribution >= 4 is 0 Å². The SMILES string of the molecule is COC1CC(NC2CN3CCC2CC3)C1(C)C. The van der Waals surface area contributed by atoms with E-state index in [4.69, 9.17) is 4.74 Å². The molecule has 0 aromatic carbocycles. The molecule has 0 amide bonds. The molecule has 3 atom stereocenters. The van der Waals surface area contributed by atoms with Gasteiger partial charge in [-0.25, -0.2) is 0 Å². The van der Waals surface area contributed by atoms with E-state index >= 15 is 0 Å². The fourth-order valence-electron chi connectivity index (χ4n) is 3.98. The van der Waals surface area contributed by atoms with E-state index in [0.717, 1.165) is 12.0 Å². The van der Waals surface area contributed by atoms with E-state index in [9.17, 15) is 0 Å². The lowest BCUT2D eigenvalue weighted by Gasteiger charge is -2.55. The maximum Gasteiger partial charge on any atom is 0.0652 e. The zero-order valence-electron chi connectivity index (χ0n) is 11.4. The van der Waals surface area contributed by atoms with Gasteiger partial charge in [-0.3, -0.25) is 0 Å². The lowest BCUT2D eigenvalue weighted by Crippen LogP contribution is -2.66. The third-order valence-electron chi connectivity index (χ3n) is 5.53. The summed E-state index contributed by atoms with van der Waals surface area (Å²) in [4.78, 5) is 2.62. The van der Waals surface area contributed by atoms with E-state index in [1.807, 2.05) is 7.11 Å². The van der Waals surface area contributed by atoms with Crippen LogP contribution in [0.3, 0.4) is 0 Å². The molecule has 0 aromatic heterocycles. The van der Waals surface area contributed by atoms with Crippen LogP contribution in [0.4, 0.5) is 0 Å². The standard InChI is InChI=1S/C14H26N2O/c1-14(2)12(8-13(14)17-3)15-11-9-16-6-4-10(11)5-7-16/h10-13,15H,4-9H2,1-3H3.